The maximum absolute atomic E-state index is 14.9. The monoisotopic (exact) mass is 1250 g/mol. The van der Waals surface area contributed by atoms with E-state index in [9.17, 15) is 38.4 Å². The molecule has 5 aromatic rings. The number of aromatic amines is 3. The highest BCUT2D eigenvalue weighted by molar-refractivity contribution is 7.80. The number of nitrogens with one attached hydrogen (secondary N) is 10. The van der Waals surface area contributed by atoms with Gasteiger partial charge in [-0.25, -0.2) is 4.98 Å². The Morgan fingerprint density at radius 2 is 0.787 bits per heavy atom. The van der Waals surface area contributed by atoms with Gasteiger partial charge in [0.15, 0.2) is 23.8 Å². The molecule has 8 atom stereocenters. The van der Waals surface area contributed by atoms with Gasteiger partial charge in [0.25, 0.3) is 0 Å². The van der Waals surface area contributed by atoms with Gasteiger partial charge in [-0.3, -0.25) is 58.3 Å². The summed E-state index contributed by atoms with van der Waals surface area (Å²) >= 11 is 4.37. The van der Waals surface area contributed by atoms with Crippen LogP contribution in [0.3, 0.4) is 0 Å². The summed E-state index contributed by atoms with van der Waals surface area (Å²) in [6.07, 6.45) is 6.41. The summed E-state index contributed by atoms with van der Waals surface area (Å²) < 4.78 is 0. The lowest BCUT2D eigenvalue weighted by Crippen LogP contribution is -2.61. The SMILES string of the molecule is NC(=O)[C@H](Cc1c[nH]c2ccccc12)NC(=O)[C@H](CS)NC(=O)[C@H](Cc1c[nH]c2ccccc12)NC(=O)[C@H](Cc1cnc[nH]1)NC(=O)[C@H](CCCN=C(N)N)NC(=O)[C@H](CCCN=C(N)N)NC(=O)[C@H](CCCN=C(N)N)NC(=O)[C@@H](N)CCCN=C(N)N. The number of amides is 8. The molecule has 0 fully saturated rings. The first-order valence-corrected chi connectivity index (χ1v) is 29.2. The standard InChI is InChI=1S/C55H83N25O8S/c56-34(11-5-17-67-52(58)59)45(82)74-37(14-6-18-68-53(60)61)46(83)75-38(15-7-19-69-54(62)63)47(84)76-39(16-8-20-70-55(64)65)48(85)79-42(23-31-26-66-28-73-31)50(87)78-41(22-30-25-72-36-13-4-2-10-33(30)36)49(86)80-43(27-89)51(88)77-40(44(57)81)21-29-24-71-35-12-3-1-9-32(29)35/h1-4,9-10,12-13,24-26,28,34,37-43,71-72,89H,5-8,11,14-23,27,56H2,(H2,57,81)(H,66,73)(H,74,82)(H,75,83)(H,76,84)(H,77,88)(H,78,87)(H,79,85)(H,80,86)(H4,58,59,67)(H4,60,61,68)(H4,62,63,69)(H4,64,65,70)/t34-,37-,38-,39-,40-,41-,42-,43-/m0/s1. The Kier molecular flexibility index (Phi) is 27.8. The number of aromatic nitrogens is 4. The lowest BCUT2D eigenvalue weighted by atomic mass is 10.0. The summed E-state index contributed by atoms with van der Waals surface area (Å²) in [6.45, 7) is 0.287. The highest BCUT2D eigenvalue weighted by Crippen LogP contribution is 2.21. The molecule has 0 bridgehead atoms. The van der Waals surface area contributed by atoms with Crippen molar-refractivity contribution in [2.75, 3.05) is 31.9 Å². The number of primary amides is 1. The topological polar surface area (TPSA) is 591 Å². The van der Waals surface area contributed by atoms with Gasteiger partial charge < -0.3 is 110 Å². The van der Waals surface area contributed by atoms with Crippen molar-refractivity contribution in [3.05, 3.63) is 90.3 Å². The van der Waals surface area contributed by atoms with Gasteiger partial charge in [0, 0.05) is 97.3 Å². The van der Waals surface area contributed by atoms with Gasteiger partial charge in [-0.2, -0.15) is 12.6 Å². The van der Waals surface area contributed by atoms with Gasteiger partial charge >= 0.3 is 0 Å². The van der Waals surface area contributed by atoms with E-state index in [4.69, 9.17) is 57.3 Å². The Morgan fingerprint density at radius 1 is 0.438 bits per heavy atom. The number of hydrogen-bond acceptors (Lipinski definition) is 15. The smallest absolute Gasteiger partial charge is 0.244 e. The first-order chi connectivity index (χ1) is 42.5. The van der Waals surface area contributed by atoms with Crippen molar-refractivity contribution < 1.29 is 38.4 Å². The van der Waals surface area contributed by atoms with Crippen LogP contribution in [0, 0.1) is 0 Å². The van der Waals surface area contributed by atoms with Crippen LogP contribution in [-0.2, 0) is 57.6 Å². The largest absolute Gasteiger partial charge is 0.370 e. The molecule has 0 saturated heterocycles. The van der Waals surface area contributed by atoms with E-state index in [1.807, 2.05) is 42.5 Å². The van der Waals surface area contributed by atoms with Crippen LogP contribution in [0.2, 0.25) is 0 Å². The van der Waals surface area contributed by atoms with E-state index in [0.717, 1.165) is 21.8 Å². The Morgan fingerprint density at radius 3 is 1.19 bits per heavy atom. The third-order valence-electron chi connectivity index (χ3n) is 14.0. The summed E-state index contributed by atoms with van der Waals surface area (Å²) in [5.74, 6) is -7.70. The number of H-pyrrole nitrogens is 3. The molecule has 33 nitrogen and oxygen atoms in total. The molecule has 0 aliphatic carbocycles. The molecule has 0 aliphatic rings. The van der Waals surface area contributed by atoms with Gasteiger partial charge in [0.2, 0.25) is 47.3 Å². The number of nitrogens with zero attached hydrogens (tertiary/aromatic N) is 5. The zero-order valence-corrected chi connectivity index (χ0v) is 50.0. The molecule has 482 valence electrons. The van der Waals surface area contributed by atoms with Crippen LogP contribution < -0.4 is 94.6 Å². The molecule has 0 aliphatic heterocycles. The number of nitrogens with two attached hydrogens (primary N) is 10. The third-order valence-corrected chi connectivity index (χ3v) is 14.3. The Labute approximate surface area is 517 Å². The molecule has 2 aromatic carbocycles. The van der Waals surface area contributed by atoms with Crippen molar-refractivity contribution in [1.82, 2.24) is 57.2 Å². The maximum atomic E-state index is 14.9. The summed E-state index contributed by atoms with van der Waals surface area (Å²) in [7, 11) is 0. The Bertz CT molecular complexity index is 3290. The average molecular weight is 1250 g/mol. The second-order valence-electron chi connectivity index (χ2n) is 20.8. The molecule has 3 heterocycles. The van der Waals surface area contributed by atoms with E-state index in [1.165, 1.54) is 12.5 Å². The fourth-order valence-corrected chi connectivity index (χ4v) is 9.63. The summed E-state index contributed by atoms with van der Waals surface area (Å²) in [4.78, 5) is 143. The molecule has 3 aromatic heterocycles. The van der Waals surface area contributed by atoms with E-state index in [2.05, 4.69) is 89.8 Å². The van der Waals surface area contributed by atoms with Crippen LogP contribution in [0.4, 0.5) is 0 Å². The van der Waals surface area contributed by atoms with Gasteiger partial charge in [-0.05, 0) is 74.6 Å². The number of rotatable bonds is 38. The van der Waals surface area contributed by atoms with Crippen LogP contribution in [0.25, 0.3) is 21.8 Å². The fraction of sp³-hybridized carbons (Fsp3) is 0.436. The van der Waals surface area contributed by atoms with Crippen molar-refractivity contribution in [3.8, 4) is 0 Å². The molecule has 34 heteroatoms. The normalized spacial score (nSPS) is 13.7. The highest BCUT2D eigenvalue weighted by atomic mass is 32.1. The van der Waals surface area contributed by atoms with E-state index >= 15 is 0 Å². The second-order valence-corrected chi connectivity index (χ2v) is 21.2. The zero-order chi connectivity index (χ0) is 65.0. The number of hydrogen-bond donors (Lipinski definition) is 21. The molecular formula is C55H83N25O8S. The number of fused-ring (bicyclic) bond motifs is 2. The van der Waals surface area contributed by atoms with E-state index in [-0.39, 0.29) is 120 Å². The number of carbonyl (C=O) groups excluding carboxylic acids is 8. The summed E-state index contributed by atoms with van der Waals surface area (Å²) in [5.41, 5.74) is 59.4. The first kappa shape index (κ1) is 69.6. The zero-order valence-electron chi connectivity index (χ0n) is 49.1. The first-order valence-electron chi connectivity index (χ1n) is 28.6. The van der Waals surface area contributed by atoms with E-state index in [1.54, 1.807) is 18.5 Å². The average Bonchev–Trinajstić information content (AvgIpc) is 2.69. The molecule has 8 amide bonds. The van der Waals surface area contributed by atoms with Crippen LogP contribution in [0.1, 0.15) is 68.2 Å². The number of guanidine groups is 4. The van der Waals surface area contributed by atoms with E-state index in [0.29, 0.717) is 23.2 Å². The van der Waals surface area contributed by atoms with Gasteiger partial charge in [-0.15, -0.1) is 0 Å². The number of aliphatic imine (C=N–C) groups is 4. The van der Waals surface area contributed by atoms with Crippen molar-refractivity contribution in [1.29, 1.82) is 0 Å². The molecule has 0 saturated carbocycles. The number of benzene rings is 2. The summed E-state index contributed by atoms with van der Waals surface area (Å²) in [6, 6.07) is 3.86. The van der Waals surface area contributed by atoms with Crippen LogP contribution in [0.15, 0.2) is 93.4 Å². The molecule has 89 heavy (non-hydrogen) atoms. The van der Waals surface area contributed by atoms with Gasteiger partial charge in [0.1, 0.15) is 42.3 Å². The van der Waals surface area contributed by atoms with E-state index < -0.39 is 95.6 Å². The number of imidazole rings is 1. The van der Waals surface area contributed by atoms with Crippen molar-refractivity contribution in [3.63, 3.8) is 0 Å². The number of carbonyl (C=O) groups is 8. The predicted molar refractivity (Wildman–Crippen MR) is 340 cm³/mol. The fourth-order valence-electron chi connectivity index (χ4n) is 9.37. The molecule has 0 radical (unpaired) electrons. The Hall–Kier alpha value is -10.1. The molecule has 0 unspecified atom stereocenters. The van der Waals surface area contributed by atoms with Crippen LogP contribution in [0.5, 0.6) is 0 Å². The second kappa shape index (κ2) is 35.5. The van der Waals surface area contributed by atoms with Crippen molar-refractivity contribution in [2.45, 2.75) is 119 Å². The lowest BCUT2D eigenvalue weighted by molar-refractivity contribution is -0.135. The summed E-state index contributed by atoms with van der Waals surface area (Å²) in [5, 5.41) is 20.4. The van der Waals surface area contributed by atoms with Crippen LogP contribution >= 0.6 is 12.6 Å². The molecule has 0 spiro atoms. The van der Waals surface area contributed by atoms with Gasteiger partial charge in [0.05, 0.1) is 12.4 Å². The Balaban J connectivity index is 1.43. The quantitative estimate of drug-likeness (QED) is 0.00760. The minimum absolute atomic E-state index is 0.000410. The molecule has 5 rings (SSSR count). The minimum Gasteiger partial charge on any atom is -0.370 e. The third kappa shape index (κ3) is 23.2. The molecule has 30 N–H and O–H groups in total. The minimum atomic E-state index is -1.50. The number of thiol groups is 1. The maximum Gasteiger partial charge on any atom is 0.244 e. The lowest BCUT2D eigenvalue weighted by Gasteiger charge is -2.28. The highest BCUT2D eigenvalue weighted by Gasteiger charge is 2.35. The van der Waals surface area contributed by atoms with Crippen LogP contribution in [-0.4, -0.2) is 171 Å². The predicted octanol–water partition coefficient (Wildman–Crippen LogP) is -5.25. The number of para-hydroxylation sites is 2. The molecular weight excluding hydrogens is 1170 g/mol. The van der Waals surface area contributed by atoms with Crippen molar-refractivity contribution in [2.24, 2.45) is 77.3 Å². The van der Waals surface area contributed by atoms with Gasteiger partial charge in [-0.1, -0.05) is 36.4 Å². The van der Waals surface area contributed by atoms with Crippen molar-refractivity contribution >= 4 is 106 Å².